The molecule has 1 fully saturated rings. The van der Waals surface area contributed by atoms with Crippen molar-refractivity contribution >= 4 is 66.4 Å². The van der Waals surface area contributed by atoms with Crippen molar-refractivity contribution in [3.63, 3.8) is 0 Å². The Morgan fingerprint density at radius 3 is 1.44 bits per heavy atom. The molecule has 0 amide bonds. The van der Waals surface area contributed by atoms with Crippen LogP contribution in [-0.2, 0) is 0 Å². The molecule has 4 aromatic carbocycles. The minimum atomic E-state index is -0.403. The fourth-order valence-electron chi connectivity index (χ4n) is 7.06. The number of fused-ring (bicyclic) bond motifs is 4. The van der Waals surface area contributed by atoms with Gasteiger partial charge in [-0.1, -0.05) is 24.3 Å². The summed E-state index contributed by atoms with van der Waals surface area (Å²) in [6.07, 6.45) is 1.88. The number of aromatic nitrogens is 2. The van der Waals surface area contributed by atoms with Crippen molar-refractivity contribution in [2.75, 3.05) is 77.2 Å². The number of non-ortho nitro benzene ring substituents is 2. The van der Waals surface area contributed by atoms with Crippen molar-refractivity contribution in [2.24, 2.45) is 0 Å². The second-order valence-electron chi connectivity index (χ2n) is 12.8. The number of benzene rings is 4. The Kier molecular flexibility index (Phi) is 10.1. The summed E-state index contributed by atoms with van der Waals surface area (Å²) in [6, 6.07) is 21.1. The van der Waals surface area contributed by atoms with Gasteiger partial charge in [0.05, 0.1) is 46.5 Å². The van der Waals surface area contributed by atoms with E-state index in [4.69, 9.17) is 19.4 Å². The molecule has 2 N–H and O–H groups in total. The monoisotopic (exact) mass is 704 g/mol. The highest BCUT2D eigenvalue weighted by Crippen LogP contribution is 2.37. The molecule has 0 saturated carbocycles. The van der Waals surface area contributed by atoms with E-state index < -0.39 is 9.85 Å². The molecule has 14 nitrogen and oxygen atoms in total. The maximum absolute atomic E-state index is 11.4. The lowest BCUT2D eigenvalue weighted by atomic mass is 10.1. The van der Waals surface area contributed by atoms with E-state index in [2.05, 4.69) is 20.4 Å². The van der Waals surface area contributed by atoms with E-state index in [0.29, 0.717) is 33.6 Å². The zero-order valence-corrected chi connectivity index (χ0v) is 29.1. The second-order valence-corrected chi connectivity index (χ2v) is 12.8. The summed E-state index contributed by atoms with van der Waals surface area (Å²) in [5.74, 6) is 1.24. The highest BCUT2D eigenvalue weighted by molar-refractivity contribution is 6.10. The van der Waals surface area contributed by atoms with Gasteiger partial charge in [0.1, 0.15) is 22.5 Å². The molecule has 0 spiro atoms. The van der Waals surface area contributed by atoms with E-state index in [1.165, 1.54) is 24.3 Å². The average molecular weight is 705 g/mol. The van der Waals surface area contributed by atoms with Gasteiger partial charge in [-0.15, -0.1) is 0 Å². The molecule has 1 aliphatic rings. The Bertz CT molecular complexity index is 2130. The molecule has 2 aromatic heterocycles. The van der Waals surface area contributed by atoms with Gasteiger partial charge in [-0.2, -0.15) is 0 Å². The molecule has 268 valence electrons. The lowest BCUT2D eigenvalue weighted by Crippen LogP contribution is -2.47. The van der Waals surface area contributed by atoms with E-state index in [1.54, 1.807) is 26.4 Å². The first-order chi connectivity index (χ1) is 25.3. The number of piperazine rings is 1. The molecule has 3 heterocycles. The predicted octanol–water partition coefficient (Wildman–Crippen LogP) is 6.84. The third kappa shape index (κ3) is 7.02. The molecule has 0 atom stereocenters. The Morgan fingerprint density at radius 1 is 0.635 bits per heavy atom. The molecule has 0 aliphatic carbocycles. The molecule has 1 saturated heterocycles. The van der Waals surface area contributed by atoms with Crippen molar-refractivity contribution < 1.29 is 19.3 Å². The van der Waals surface area contributed by atoms with Gasteiger partial charge >= 0.3 is 0 Å². The van der Waals surface area contributed by atoms with Crippen LogP contribution >= 0.6 is 0 Å². The van der Waals surface area contributed by atoms with Crippen molar-refractivity contribution in [3.8, 4) is 11.5 Å². The molecule has 7 rings (SSSR count). The molecule has 52 heavy (non-hydrogen) atoms. The van der Waals surface area contributed by atoms with Crippen LogP contribution in [0.5, 0.6) is 11.5 Å². The van der Waals surface area contributed by atoms with Crippen molar-refractivity contribution in [1.82, 2.24) is 19.8 Å². The Labute approximate surface area is 299 Å². The smallest absolute Gasteiger partial charge is 0.271 e. The zero-order chi connectivity index (χ0) is 36.2. The number of hydrogen-bond acceptors (Lipinski definition) is 12. The van der Waals surface area contributed by atoms with Crippen molar-refractivity contribution in [3.05, 3.63) is 93.0 Å². The van der Waals surface area contributed by atoms with Crippen molar-refractivity contribution in [1.29, 1.82) is 0 Å². The zero-order valence-electron chi connectivity index (χ0n) is 29.1. The average Bonchev–Trinajstić information content (AvgIpc) is 3.16. The summed E-state index contributed by atoms with van der Waals surface area (Å²) >= 11 is 0. The van der Waals surface area contributed by atoms with Gasteiger partial charge in [-0.25, -0.2) is 9.97 Å². The number of nitrogens with one attached hydrogen (secondary N) is 2. The van der Waals surface area contributed by atoms with E-state index in [1.807, 2.05) is 36.4 Å². The third-order valence-corrected chi connectivity index (χ3v) is 9.73. The van der Waals surface area contributed by atoms with Crippen LogP contribution < -0.4 is 20.1 Å². The summed E-state index contributed by atoms with van der Waals surface area (Å²) in [5, 5.41) is 33.6. The maximum atomic E-state index is 11.4. The summed E-state index contributed by atoms with van der Waals surface area (Å²) in [5.41, 5.74) is 4.25. The summed E-state index contributed by atoms with van der Waals surface area (Å²) in [6.45, 7) is 7.38. The minimum absolute atomic E-state index is 0.00250. The molecule has 1 aliphatic heterocycles. The number of nitrogens with zero attached hydrogens (tertiary/aromatic N) is 6. The fourth-order valence-corrected chi connectivity index (χ4v) is 7.06. The van der Waals surface area contributed by atoms with Gasteiger partial charge in [0.15, 0.2) is 0 Å². The first kappa shape index (κ1) is 34.6. The summed E-state index contributed by atoms with van der Waals surface area (Å²) in [7, 11) is 3.19. The molecule has 14 heteroatoms. The number of rotatable bonds is 14. The van der Waals surface area contributed by atoms with Gasteiger partial charge in [-0.05, 0) is 50.2 Å². The molecule has 0 unspecified atom stereocenters. The van der Waals surface area contributed by atoms with Gasteiger partial charge in [0.25, 0.3) is 11.4 Å². The molecule has 0 bridgehead atoms. The van der Waals surface area contributed by atoms with E-state index in [-0.39, 0.29) is 11.4 Å². The SMILES string of the molecule is COc1cccc2c(NCCCN3CCN(CCCNc4c5ccc([N+](=O)[O-])cc5nc5c(OC)cccc45)CC3)c3ccc([N+](=O)[O-])cc3nc12. The molecule has 0 radical (unpaired) electrons. The fraction of sp³-hybridized carbons (Fsp3) is 0.316. The number of anilines is 2. The number of hydrogen-bond donors (Lipinski definition) is 2. The topological polar surface area (TPSA) is 161 Å². The lowest BCUT2D eigenvalue weighted by molar-refractivity contribution is -0.384. The number of pyridine rings is 2. The van der Waals surface area contributed by atoms with Crippen LogP contribution in [-0.4, -0.2) is 96.2 Å². The number of ether oxygens (including phenoxy) is 2. The molecular weight excluding hydrogens is 664 g/mol. The largest absolute Gasteiger partial charge is 0.494 e. The predicted molar refractivity (Wildman–Crippen MR) is 204 cm³/mol. The normalized spacial score (nSPS) is 13.9. The number of nitro benzene ring substituents is 2. The summed E-state index contributed by atoms with van der Waals surface area (Å²) < 4.78 is 11.1. The number of para-hydroxylation sites is 2. The Balaban J connectivity index is 0.925. The van der Waals surface area contributed by atoms with Crippen LogP contribution in [0.25, 0.3) is 43.6 Å². The lowest BCUT2D eigenvalue weighted by Gasteiger charge is -2.34. The quantitative estimate of drug-likeness (QED) is 0.0526. The van der Waals surface area contributed by atoms with Crippen LogP contribution in [0.2, 0.25) is 0 Å². The molecular formula is C38H40N8O6. The van der Waals surface area contributed by atoms with E-state index in [9.17, 15) is 20.2 Å². The minimum Gasteiger partial charge on any atom is -0.494 e. The molecule has 6 aromatic rings. The van der Waals surface area contributed by atoms with Crippen LogP contribution in [0, 0.1) is 20.2 Å². The standard InChI is InChI=1S/C38H40N8O6/c1-51-33-9-3-7-29-35(27-13-11-25(45(47)48)23-31(27)41-37(29)33)39-15-5-17-43-19-21-44(22-20-43)18-6-16-40-36-28-14-12-26(46(49)50)24-32(28)42-38-30(36)8-4-10-34(38)52-2/h3-4,7-14,23-24H,5-6,15-22H2,1-2H3,(H,39,41)(H,40,42). The first-order valence-corrected chi connectivity index (χ1v) is 17.4. The first-order valence-electron chi connectivity index (χ1n) is 17.4. The Hall–Kier alpha value is -5.86. The van der Waals surface area contributed by atoms with Gasteiger partial charge in [0.2, 0.25) is 0 Å². The highest BCUT2D eigenvalue weighted by atomic mass is 16.6. The van der Waals surface area contributed by atoms with E-state index in [0.717, 1.165) is 98.1 Å². The Morgan fingerprint density at radius 2 is 1.06 bits per heavy atom. The summed E-state index contributed by atoms with van der Waals surface area (Å²) in [4.78, 5) is 36.5. The third-order valence-electron chi connectivity index (χ3n) is 9.73. The van der Waals surface area contributed by atoms with Crippen LogP contribution in [0.3, 0.4) is 0 Å². The van der Waals surface area contributed by atoms with Gasteiger partial charge in [0, 0.05) is 85.1 Å². The van der Waals surface area contributed by atoms with Crippen LogP contribution in [0.15, 0.2) is 72.8 Å². The van der Waals surface area contributed by atoms with Crippen LogP contribution in [0.4, 0.5) is 22.7 Å². The van der Waals surface area contributed by atoms with Gasteiger partial charge in [-0.3, -0.25) is 20.2 Å². The van der Waals surface area contributed by atoms with E-state index >= 15 is 0 Å². The number of nitro groups is 2. The van der Waals surface area contributed by atoms with Gasteiger partial charge < -0.3 is 29.9 Å². The van der Waals surface area contributed by atoms with Crippen LogP contribution in [0.1, 0.15) is 12.8 Å². The highest BCUT2D eigenvalue weighted by Gasteiger charge is 2.19. The van der Waals surface area contributed by atoms with Crippen molar-refractivity contribution in [2.45, 2.75) is 12.8 Å². The number of methoxy groups -OCH3 is 2. The maximum Gasteiger partial charge on any atom is 0.271 e. The second kappa shape index (κ2) is 15.2.